The lowest BCUT2D eigenvalue weighted by molar-refractivity contribution is 0.0672. The Balaban J connectivity index is 0.00000320. The van der Waals surface area contributed by atoms with Crippen LogP contribution in [0.15, 0.2) is 42.5 Å². The number of fused-ring (bicyclic) bond motifs is 1. The predicted octanol–water partition coefficient (Wildman–Crippen LogP) is 2.37. The van der Waals surface area contributed by atoms with Gasteiger partial charge in [-0.3, -0.25) is 10.0 Å². The quantitative estimate of drug-likeness (QED) is 0.491. The Hall–Kier alpha value is -2.95. The Morgan fingerprint density at radius 3 is 2.57 bits per heavy atom. The van der Waals surface area contributed by atoms with Gasteiger partial charge in [-0.1, -0.05) is 6.07 Å². The number of hydrogen-bond donors (Lipinski definition) is 3. The summed E-state index contributed by atoms with van der Waals surface area (Å²) in [7, 11) is 3.13. The van der Waals surface area contributed by atoms with Gasteiger partial charge in [0.25, 0.3) is 5.91 Å². The number of hydroxylamine groups is 1. The van der Waals surface area contributed by atoms with Crippen LogP contribution in [0.1, 0.15) is 15.9 Å². The fourth-order valence-corrected chi connectivity index (χ4v) is 3.04. The van der Waals surface area contributed by atoms with Crippen molar-refractivity contribution in [1.82, 2.24) is 10.4 Å². The molecule has 1 atom stereocenters. The Morgan fingerprint density at radius 1 is 1.20 bits per heavy atom. The normalized spacial score (nSPS) is 15.0. The van der Waals surface area contributed by atoms with Crippen molar-refractivity contribution in [3.8, 4) is 11.5 Å². The zero-order chi connectivity index (χ0) is 20.8. The fourth-order valence-electron chi connectivity index (χ4n) is 3.04. The van der Waals surface area contributed by atoms with Gasteiger partial charge in [0.1, 0.15) is 17.6 Å². The zero-order valence-electron chi connectivity index (χ0n) is 16.7. The number of nitrogens with one attached hydrogen (secondary N) is 2. The summed E-state index contributed by atoms with van der Waals surface area (Å²) in [6.07, 6.45) is -0.421. The molecule has 0 aliphatic carbocycles. The van der Waals surface area contributed by atoms with Crippen LogP contribution in [-0.2, 0) is 11.3 Å². The monoisotopic (exact) mass is 435 g/mol. The minimum atomic E-state index is -0.641. The third kappa shape index (κ3) is 5.56. The lowest BCUT2D eigenvalue weighted by Gasteiger charge is -2.24. The number of carbonyl (C=O) groups excluding carboxylic acids is 2. The molecule has 1 heterocycles. The van der Waals surface area contributed by atoms with Gasteiger partial charge in [-0.2, -0.15) is 13.5 Å². The Kier molecular flexibility index (Phi) is 8.34. The van der Waals surface area contributed by atoms with Crippen molar-refractivity contribution in [2.75, 3.05) is 32.7 Å². The second-order valence-electron chi connectivity index (χ2n) is 6.50. The fraction of sp³-hybridized carbons (Fsp3) is 0.300. The molecule has 2 aromatic rings. The smallest absolute Gasteiger partial charge is 0.322 e. The lowest BCUT2D eigenvalue weighted by atomic mass is 10.1. The maximum Gasteiger partial charge on any atom is 0.322 e. The molecule has 0 saturated heterocycles. The van der Waals surface area contributed by atoms with E-state index in [-0.39, 0.29) is 31.7 Å². The van der Waals surface area contributed by atoms with E-state index in [4.69, 9.17) is 19.4 Å². The molecule has 0 radical (unpaired) electrons. The SMILES string of the molecule is COC[C@@H]1CN(C(=O)Nc2ccc(OC)cc2)Cc2ccc(C(=O)NO)cc2O1.S. The topological polar surface area (TPSA) is 109 Å². The average molecular weight is 436 g/mol. The Morgan fingerprint density at radius 2 is 1.93 bits per heavy atom. The highest BCUT2D eigenvalue weighted by atomic mass is 32.1. The summed E-state index contributed by atoms with van der Waals surface area (Å²) in [6, 6.07) is 11.5. The van der Waals surface area contributed by atoms with Crippen LogP contribution in [0.25, 0.3) is 0 Å². The second-order valence-corrected chi connectivity index (χ2v) is 6.50. The molecule has 0 bridgehead atoms. The summed E-state index contributed by atoms with van der Waals surface area (Å²) in [5, 5.41) is 11.7. The molecule has 9 nitrogen and oxygen atoms in total. The van der Waals surface area contributed by atoms with E-state index in [1.807, 2.05) is 0 Å². The number of ether oxygens (including phenoxy) is 3. The van der Waals surface area contributed by atoms with E-state index < -0.39 is 12.0 Å². The van der Waals surface area contributed by atoms with Gasteiger partial charge < -0.3 is 24.4 Å². The maximum absolute atomic E-state index is 12.8. The first kappa shape index (κ1) is 23.3. The molecule has 2 aromatic carbocycles. The molecular formula is C20H25N3O6S. The summed E-state index contributed by atoms with van der Waals surface area (Å²) in [6.45, 7) is 0.854. The largest absolute Gasteiger partial charge is 0.497 e. The van der Waals surface area contributed by atoms with E-state index in [0.29, 0.717) is 30.3 Å². The third-order valence-corrected chi connectivity index (χ3v) is 4.49. The number of nitrogens with zero attached hydrogens (tertiary/aromatic N) is 1. The van der Waals surface area contributed by atoms with Crippen molar-refractivity contribution in [3.63, 3.8) is 0 Å². The van der Waals surface area contributed by atoms with Gasteiger partial charge in [0, 0.05) is 23.9 Å². The first-order valence-electron chi connectivity index (χ1n) is 8.97. The van der Waals surface area contributed by atoms with Crippen LogP contribution in [0, 0.1) is 0 Å². The van der Waals surface area contributed by atoms with Crippen LogP contribution in [-0.4, -0.2) is 55.5 Å². The number of rotatable bonds is 5. The molecule has 0 fully saturated rings. The molecule has 1 aliphatic heterocycles. The molecule has 0 unspecified atom stereocenters. The standard InChI is InChI=1S/C20H23N3O6.H2S/c1-27-12-17-11-23(20(25)21-15-5-7-16(28-2)8-6-15)10-14-4-3-13(19(24)22-26)9-18(14)29-17;/h3-9,17,26H,10-12H2,1-2H3,(H,21,25)(H,22,24);1H2/t17-;/m0./s1. The number of anilines is 1. The highest BCUT2D eigenvalue weighted by Gasteiger charge is 2.27. The molecule has 0 spiro atoms. The minimum Gasteiger partial charge on any atom is -0.497 e. The number of methoxy groups -OCH3 is 2. The van der Waals surface area contributed by atoms with E-state index >= 15 is 0 Å². The molecule has 3 rings (SSSR count). The van der Waals surface area contributed by atoms with Crippen molar-refractivity contribution in [2.45, 2.75) is 12.6 Å². The van der Waals surface area contributed by atoms with Gasteiger partial charge in [0.05, 0.1) is 26.8 Å². The van der Waals surface area contributed by atoms with Gasteiger partial charge in [-0.15, -0.1) is 0 Å². The molecule has 1 aliphatic rings. The van der Waals surface area contributed by atoms with E-state index in [1.54, 1.807) is 61.0 Å². The first-order chi connectivity index (χ1) is 14.0. The highest BCUT2D eigenvalue weighted by Crippen LogP contribution is 2.27. The predicted molar refractivity (Wildman–Crippen MR) is 115 cm³/mol. The van der Waals surface area contributed by atoms with Crippen molar-refractivity contribution >= 4 is 31.1 Å². The Bertz CT molecular complexity index is 877. The number of urea groups is 1. The van der Waals surface area contributed by atoms with Crippen LogP contribution in [0.5, 0.6) is 11.5 Å². The van der Waals surface area contributed by atoms with E-state index in [9.17, 15) is 9.59 Å². The number of benzene rings is 2. The number of hydrogen-bond acceptors (Lipinski definition) is 6. The molecule has 30 heavy (non-hydrogen) atoms. The van der Waals surface area contributed by atoms with Gasteiger partial charge in [0.15, 0.2) is 0 Å². The van der Waals surface area contributed by atoms with Crippen molar-refractivity contribution in [3.05, 3.63) is 53.6 Å². The van der Waals surface area contributed by atoms with Gasteiger partial charge in [-0.25, -0.2) is 10.3 Å². The summed E-state index contributed by atoms with van der Waals surface area (Å²) in [5.74, 6) is 0.522. The third-order valence-electron chi connectivity index (χ3n) is 4.49. The second kappa shape index (κ2) is 10.7. The average Bonchev–Trinajstić information content (AvgIpc) is 2.92. The van der Waals surface area contributed by atoms with E-state index in [1.165, 1.54) is 6.07 Å². The van der Waals surface area contributed by atoms with Gasteiger partial charge in [0.2, 0.25) is 0 Å². The van der Waals surface area contributed by atoms with Crippen LogP contribution < -0.4 is 20.3 Å². The molecule has 0 saturated carbocycles. The van der Waals surface area contributed by atoms with Crippen LogP contribution in [0.2, 0.25) is 0 Å². The van der Waals surface area contributed by atoms with Crippen LogP contribution in [0.3, 0.4) is 0 Å². The summed E-state index contributed by atoms with van der Waals surface area (Å²) >= 11 is 0. The summed E-state index contributed by atoms with van der Waals surface area (Å²) < 4.78 is 16.3. The van der Waals surface area contributed by atoms with Crippen molar-refractivity contribution in [1.29, 1.82) is 0 Å². The number of amides is 3. The molecular weight excluding hydrogens is 410 g/mol. The van der Waals surface area contributed by atoms with E-state index in [0.717, 1.165) is 5.56 Å². The van der Waals surface area contributed by atoms with Crippen molar-refractivity contribution < 1.29 is 29.0 Å². The summed E-state index contributed by atoms with van der Waals surface area (Å²) in [4.78, 5) is 26.2. The van der Waals surface area contributed by atoms with E-state index in [2.05, 4.69) is 5.32 Å². The van der Waals surface area contributed by atoms with Gasteiger partial charge >= 0.3 is 6.03 Å². The summed E-state index contributed by atoms with van der Waals surface area (Å²) in [5.41, 5.74) is 3.23. The molecule has 0 aromatic heterocycles. The van der Waals surface area contributed by atoms with Crippen LogP contribution in [0.4, 0.5) is 10.5 Å². The van der Waals surface area contributed by atoms with Crippen LogP contribution >= 0.6 is 13.5 Å². The van der Waals surface area contributed by atoms with Crippen molar-refractivity contribution in [2.24, 2.45) is 0 Å². The lowest BCUT2D eigenvalue weighted by Crippen LogP contribution is -2.41. The zero-order valence-corrected chi connectivity index (χ0v) is 17.7. The molecule has 162 valence electrons. The molecule has 10 heteroatoms. The Labute approximate surface area is 181 Å². The minimum absolute atomic E-state index is 0. The van der Waals surface area contributed by atoms with Gasteiger partial charge in [-0.05, 0) is 36.4 Å². The number of carbonyl (C=O) groups is 2. The highest BCUT2D eigenvalue weighted by molar-refractivity contribution is 7.59. The molecule has 3 amide bonds. The maximum atomic E-state index is 12.8. The molecule has 3 N–H and O–H groups in total. The first-order valence-corrected chi connectivity index (χ1v) is 8.97.